The normalized spacial score (nSPS) is 11.5. The average molecular weight is 223 g/mol. The highest BCUT2D eigenvalue weighted by atomic mass is 19.4. The third kappa shape index (κ3) is 4.16. The molecular formula is C9H9F4NO. The van der Waals surface area contributed by atoms with Crippen LogP contribution in [0.25, 0.3) is 0 Å². The zero-order chi connectivity index (χ0) is 11.5. The van der Waals surface area contributed by atoms with Gasteiger partial charge in [0.15, 0.2) is 6.61 Å². The molecule has 1 rings (SSSR count). The first-order valence-corrected chi connectivity index (χ1v) is 4.10. The van der Waals surface area contributed by atoms with Crippen LogP contribution < -0.4 is 10.5 Å². The second-order valence-electron chi connectivity index (χ2n) is 2.90. The lowest BCUT2D eigenvalue weighted by Crippen LogP contribution is -2.19. The zero-order valence-corrected chi connectivity index (χ0v) is 7.64. The van der Waals surface area contributed by atoms with Crippen molar-refractivity contribution >= 4 is 0 Å². The molecule has 0 unspecified atom stereocenters. The first kappa shape index (κ1) is 11.8. The Morgan fingerprint density at radius 1 is 1.20 bits per heavy atom. The van der Waals surface area contributed by atoms with Crippen LogP contribution in [-0.4, -0.2) is 12.8 Å². The van der Waals surface area contributed by atoms with Gasteiger partial charge in [0.25, 0.3) is 0 Å². The van der Waals surface area contributed by atoms with Crippen LogP contribution in [0.2, 0.25) is 0 Å². The number of rotatable bonds is 3. The summed E-state index contributed by atoms with van der Waals surface area (Å²) in [5, 5.41) is 0. The van der Waals surface area contributed by atoms with E-state index in [2.05, 4.69) is 4.74 Å². The quantitative estimate of drug-likeness (QED) is 0.797. The van der Waals surface area contributed by atoms with Crippen LogP contribution in [-0.2, 0) is 6.54 Å². The van der Waals surface area contributed by atoms with E-state index in [4.69, 9.17) is 5.73 Å². The lowest BCUT2D eigenvalue weighted by Gasteiger charge is -2.10. The van der Waals surface area contributed by atoms with Crippen molar-refractivity contribution in [3.63, 3.8) is 0 Å². The Morgan fingerprint density at radius 2 is 1.87 bits per heavy atom. The van der Waals surface area contributed by atoms with Crippen molar-refractivity contribution in [3.8, 4) is 5.75 Å². The summed E-state index contributed by atoms with van der Waals surface area (Å²) >= 11 is 0. The summed E-state index contributed by atoms with van der Waals surface area (Å²) in [6.07, 6.45) is -4.44. The van der Waals surface area contributed by atoms with Gasteiger partial charge in [-0.15, -0.1) is 0 Å². The van der Waals surface area contributed by atoms with Gasteiger partial charge in [-0.25, -0.2) is 4.39 Å². The van der Waals surface area contributed by atoms with Gasteiger partial charge in [-0.1, -0.05) is 0 Å². The maximum absolute atomic E-state index is 12.8. The monoisotopic (exact) mass is 223 g/mol. The van der Waals surface area contributed by atoms with Crippen molar-refractivity contribution in [1.82, 2.24) is 0 Å². The Bertz CT molecular complexity index is 337. The number of halogens is 4. The molecule has 15 heavy (non-hydrogen) atoms. The van der Waals surface area contributed by atoms with Gasteiger partial charge < -0.3 is 10.5 Å². The number of hydrogen-bond acceptors (Lipinski definition) is 2. The Balaban J connectivity index is 2.73. The molecule has 0 heterocycles. The van der Waals surface area contributed by atoms with Gasteiger partial charge in [0.2, 0.25) is 0 Å². The smallest absolute Gasteiger partial charge is 0.422 e. The van der Waals surface area contributed by atoms with Crippen LogP contribution in [0.3, 0.4) is 0 Å². The predicted molar refractivity (Wildman–Crippen MR) is 45.8 cm³/mol. The summed E-state index contributed by atoms with van der Waals surface area (Å²) in [4.78, 5) is 0. The molecule has 0 radical (unpaired) electrons. The van der Waals surface area contributed by atoms with E-state index in [1.54, 1.807) is 0 Å². The third-order valence-corrected chi connectivity index (χ3v) is 1.57. The third-order valence-electron chi connectivity index (χ3n) is 1.57. The first-order valence-electron chi connectivity index (χ1n) is 4.10. The van der Waals surface area contributed by atoms with Crippen LogP contribution in [0.1, 0.15) is 5.56 Å². The van der Waals surface area contributed by atoms with E-state index in [1.807, 2.05) is 0 Å². The molecular weight excluding hydrogens is 214 g/mol. The number of hydrogen-bond donors (Lipinski definition) is 1. The number of alkyl halides is 3. The molecule has 0 bridgehead atoms. The Kier molecular flexibility index (Phi) is 3.52. The van der Waals surface area contributed by atoms with E-state index in [1.165, 1.54) is 6.07 Å². The highest BCUT2D eigenvalue weighted by Crippen LogP contribution is 2.20. The topological polar surface area (TPSA) is 35.2 Å². The number of benzene rings is 1. The van der Waals surface area contributed by atoms with Crippen LogP contribution in [0.5, 0.6) is 5.75 Å². The summed E-state index contributed by atoms with van der Waals surface area (Å²) in [7, 11) is 0. The molecule has 0 aromatic heterocycles. The summed E-state index contributed by atoms with van der Waals surface area (Å²) in [5.74, 6) is -0.845. The first-order chi connectivity index (χ1) is 6.90. The van der Waals surface area contributed by atoms with E-state index < -0.39 is 18.6 Å². The van der Waals surface area contributed by atoms with Crippen molar-refractivity contribution < 1.29 is 22.3 Å². The standard InChI is InChI=1S/C9H9F4NO/c10-7-1-6(4-14)2-8(3-7)15-5-9(11,12)13/h1-3H,4-5,14H2. The molecule has 6 heteroatoms. The molecule has 0 saturated carbocycles. The van der Waals surface area contributed by atoms with Gasteiger partial charge in [0.05, 0.1) is 0 Å². The second kappa shape index (κ2) is 4.48. The molecule has 0 aliphatic carbocycles. The van der Waals surface area contributed by atoms with E-state index in [-0.39, 0.29) is 12.3 Å². The van der Waals surface area contributed by atoms with E-state index in [0.717, 1.165) is 12.1 Å². The molecule has 0 aliphatic heterocycles. The Morgan fingerprint density at radius 3 is 2.40 bits per heavy atom. The highest BCUT2D eigenvalue weighted by molar-refractivity contribution is 5.29. The molecule has 84 valence electrons. The average Bonchev–Trinajstić information content (AvgIpc) is 2.13. The fourth-order valence-electron chi connectivity index (χ4n) is 0.987. The minimum Gasteiger partial charge on any atom is -0.484 e. The summed E-state index contributed by atoms with van der Waals surface area (Å²) in [6.45, 7) is -1.40. The minimum atomic E-state index is -4.44. The highest BCUT2D eigenvalue weighted by Gasteiger charge is 2.28. The van der Waals surface area contributed by atoms with Gasteiger partial charge in [0.1, 0.15) is 11.6 Å². The largest absolute Gasteiger partial charge is 0.484 e. The minimum absolute atomic E-state index is 0.0418. The molecule has 0 fully saturated rings. The maximum atomic E-state index is 12.8. The van der Waals surface area contributed by atoms with Gasteiger partial charge in [-0.2, -0.15) is 13.2 Å². The Hall–Kier alpha value is -1.30. The van der Waals surface area contributed by atoms with Crippen molar-refractivity contribution in [2.24, 2.45) is 5.73 Å². The van der Waals surface area contributed by atoms with E-state index in [9.17, 15) is 17.6 Å². The molecule has 0 atom stereocenters. The predicted octanol–water partition coefficient (Wildman–Crippen LogP) is 2.23. The number of nitrogens with two attached hydrogens (primary N) is 1. The Labute approximate surface area is 83.6 Å². The molecule has 1 aromatic carbocycles. The van der Waals surface area contributed by atoms with E-state index >= 15 is 0 Å². The molecule has 2 nitrogen and oxygen atoms in total. The lowest BCUT2D eigenvalue weighted by molar-refractivity contribution is -0.153. The number of ether oxygens (including phenoxy) is 1. The van der Waals surface area contributed by atoms with Crippen molar-refractivity contribution in [1.29, 1.82) is 0 Å². The van der Waals surface area contributed by atoms with E-state index in [0.29, 0.717) is 5.56 Å². The molecule has 2 N–H and O–H groups in total. The van der Waals surface area contributed by atoms with Gasteiger partial charge in [-0.05, 0) is 17.7 Å². The molecule has 0 amide bonds. The second-order valence-corrected chi connectivity index (χ2v) is 2.90. The van der Waals surface area contributed by atoms with Gasteiger partial charge >= 0.3 is 6.18 Å². The van der Waals surface area contributed by atoms with Gasteiger partial charge in [-0.3, -0.25) is 0 Å². The van der Waals surface area contributed by atoms with Crippen LogP contribution in [0.4, 0.5) is 17.6 Å². The van der Waals surface area contributed by atoms with Crippen LogP contribution in [0.15, 0.2) is 18.2 Å². The lowest BCUT2D eigenvalue weighted by atomic mass is 10.2. The van der Waals surface area contributed by atoms with Crippen molar-refractivity contribution in [3.05, 3.63) is 29.6 Å². The van der Waals surface area contributed by atoms with Crippen LogP contribution >= 0.6 is 0 Å². The molecule has 0 saturated heterocycles. The molecule has 0 aliphatic rings. The SMILES string of the molecule is NCc1cc(F)cc(OCC(F)(F)F)c1. The van der Waals surface area contributed by atoms with Crippen molar-refractivity contribution in [2.45, 2.75) is 12.7 Å². The molecule has 1 aromatic rings. The fourth-order valence-corrected chi connectivity index (χ4v) is 0.987. The van der Waals surface area contributed by atoms with Gasteiger partial charge in [0, 0.05) is 12.6 Å². The fraction of sp³-hybridized carbons (Fsp3) is 0.333. The summed E-state index contributed by atoms with van der Waals surface area (Å²) in [5.41, 5.74) is 5.61. The van der Waals surface area contributed by atoms with Crippen LogP contribution in [0, 0.1) is 5.82 Å². The zero-order valence-electron chi connectivity index (χ0n) is 7.64. The maximum Gasteiger partial charge on any atom is 0.422 e. The van der Waals surface area contributed by atoms with Crippen molar-refractivity contribution in [2.75, 3.05) is 6.61 Å². The molecule has 0 spiro atoms. The summed E-state index contributed by atoms with van der Waals surface area (Å²) < 4.78 is 52.5. The summed E-state index contributed by atoms with van der Waals surface area (Å²) in [6, 6.07) is 3.29.